The summed E-state index contributed by atoms with van der Waals surface area (Å²) < 4.78 is 5.31. The number of rotatable bonds is 6. The molecule has 134 valence electrons. The normalized spacial score (nSPS) is 10.3. The van der Waals surface area contributed by atoms with Crippen molar-refractivity contribution >= 4 is 29.6 Å². The minimum atomic E-state index is -0.494. The number of nitrogens with two attached hydrogens (primary N) is 2. The highest BCUT2D eigenvalue weighted by Crippen LogP contribution is 2.17. The van der Waals surface area contributed by atoms with Gasteiger partial charge in [-0.2, -0.15) is 0 Å². The number of ether oxygens (including phenoxy) is 1. The van der Waals surface area contributed by atoms with Gasteiger partial charge in [-0.1, -0.05) is 12.1 Å². The third-order valence-electron chi connectivity index (χ3n) is 3.23. The van der Waals surface area contributed by atoms with Gasteiger partial charge in [0.2, 0.25) is 5.91 Å². The van der Waals surface area contributed by atoms with E-state index in [4.69, 9.17) is 16.2 Å². The van der Waals surface area contributed by atoms with Crippen molar-refractivity contribution < 1.29 is 14.3 Å². The zero-order valence-corrected chi connectivity index (χ0v) is 14.3. The highest BCUT2D eigenvalue weighted by atomic mass is 16.5. The lowest BCUT2D eigenvalue weighted by atomic mass is 10.2. The first-order chi connectivity index (χ1) is 12.5. The Kier molecular flexibility index (Phi) is 6.50. The van der Waals surface area contributed by atoms with Gasteiger partial charge in [-0.15, -0.1) is 0 Å². The molecule has 2 rings (SSSR count). The molecule has 0 fully saturated rings. The van der Waals surface area contributed by atoms with Crippen LogP contribution >= 0.6 is 0 Å². The maximum atomic E-state index is 12.1. The first-order valence-corrected chi connectivity index (χ1v) is 7.96. The Labute approximate surface area is 151 Å². The monoisotopic (exact) mass is 352 g/mol. The van der Waals surface area contributed by atoms with Crippen LogP contribution in [0.3, 0.4) is 0 Å². The van der Waals surface area contributed by atoms with Crippen molar-refractivity contribution in [2.75, 3.05) is 6.54 Å². The van der Waals surface area contributed by atoms with Gasteiger partial charge in [0.15, 0.2) is 5.96 Å². The fraction of sp³-hybridized carbons (Fsp3) is 0.105. The SMILES string of the molecule is CCNC(=O)C=Cc1ccc(OC(=O)c2ccc(N=C(N)N)cc2)cc1. The lowest BCUT2D eigenvalue weighted by Crippen LogP contribution is -2.21. The van der Waals surface area contributed by atoms with Crippen LogP contribution in [0.4, 0.5) is 5.69 Å². The molecule has 26 heavy (non-hydrogen) atoms. The molecule has 0 aliphatic rings. The number of benzene rings is 2. The van der Waals surface area contributed by atoms with E-state index < -0.39 is 5.97 Å². The molecule has 0 saturated heterocycles. The Hall–Kier alpha value is -3.61. The summed E-state index contributed by atoms with van der Waals surface area (Å²) in [5, 5.41) is 2.67. The molecule has 2 aromatic rings. The van der Waals surface area contributed by atoms with Gasteiger partial charge in [-0.3, -0.25) is 4.79 Å². The number of esters is 1. The fourth-order valence-corrected chi connectivity index (χ4v) is 2.04. The van der Waals surface area contributed by atoms with Crippen LogP contribution in [0, 0.1) is 0 Å². The Morgan fingerprint density at radius 1 is 1.08 bits per heavy atom. The molecule has 0 spiro atoms. The highest BCUT2D eigenvalue weighted by molar-refractivity contribution is 5.92. The topological polar surface area (TPSA) is 120 Å². The first kappa shape index (κ1) is 18.7. The second-order valence-electron chi connectivity index (χ2n) is 5.27. The summed E-state index contributed by atoms with van der Waals surface area (Å²) in [4.78, 5) is 27.4. The van der Waals surface area contributed by atoms with Gasteiger partial charge in [0.25, 0.3) is 0 Å². The molecule has 0 bridgehead atoms. The van der Waals surface area contributed by atoms with Crippen LogP contribution in [0.2, 0.25) is 0 Å². The third kappa shape index (κ3) is 5.79. The minimum Gasteiger partial charge on any atom is -0.423 e. The molecular weight excluding hydrogens is 332 g/mol. The summed E-state index contributed by atoms with van der Waals surface area (Å²) in [7, 11) is 0. The Morgan fingerprint density at radius 3 is 2.31 bits per heavy atom. The van der Waals surface area contributed by atoms with Gasteiger partial charge < -0.3 is 21.5 Å². The number of guanidine groups is 1. The fourth-order valence-electron chi connectivity index (χ4n) is 2.04. The highest BCUT2D eigenvalue weighted by Gasteiger charge is 2.08. The van der Waals surface area contributed by atoms with E-state index in [9.17, 15) is 9.59 Å². The standard InChI is InChI=1S/C19H20N4O3/c1-2-22-17(24)12-5-13-3-10-16(11-4-13)26-18(25)14-6-8-15(9-7-14)23-19(20)21/h3-12H,2H2,1H3,(H,22,24)(H4,20,21,23). The maximum Gasteiger partial charge on any atom is 0.343 e. The van der Waals surface area contributed by atoms with Gasteiger partial charge >= 0.3 is 5.97 Å². The van der Waals surface area contributed by atoms with E-state index in [0.717, 1.165) is 5.56 Å². The van der Waals surface area contributed by atoms with E-state index in [1.165, 1.54) is 6.08 Å². The zero-order valence-electron chi connectivity index (χ0n) is 14.3. The van der Waals surface area contributed by atoms with Crippen LogP contribution in [-0.4, -0.2) is 24.4 Å². The molecule has 1 amide bonds. The van der Waals surface area contributed by atoms with Crippen molar-refractivity contribution in [2.45, 2.75) is 6.92 Å². The van der Waals surface area contributed by atoms with Gasteiger partial charge in [0.1, 0.15) is 5.75 Å². The lowest BCUT2D eigenvalue weighted by Gasteiger charge is -2.05. The summed E-state index contributed by atoms with van der Waals surface area (Å²) in [6.45, 7) is 2.42. The number of likely N-dealkylation sites (N-methyl/N-ethyl adjacent to an activating group) is 1. The molecule has 2 aromatic carbocycles. The van der Waals surface area contributed by atoms with Crippen LogP contribution in [0.5, 0.6) is 5.75 Å². The molecule has 0 atom stereocenters. The number of hydrogen-bond acceptors (Lipinski definition) is 4. The van der Waals surface area contributed by atoms with E-state index in [-0.39, 0.29) is 11.9 Å². The van der Waals surface area contributed by atoms with E-state index >= 15 is 0 Å². The van der Waals surface area contributed by atoms with Crippen LogP contribution in [0.1, 0.15) is 22.8 Å². The molecule has 7 nitrogen and oxygen atoms in total. The summed E-state index contributed by atoms with van der Waals surface area (Å²) in [6, 6.07) is 13.2. The van der Waals surface area contributed by atoms with Crippen molar-refractivity contribution in [1.29, 1.82) is 0 Å². The number of nitrogens with one attached hydrogen (secondary N) is 1. The summed E-state index contributed by atoms with van der Waals surface area (Å²) in [5.41, 5.74) is 12.3. The van der Waals surface area contributed by atoms with Crippen molar-refractivity contribution in [3.63, 3.8) is 0 Å². The second kappa shape index (κ2) is 9.03. The zero-order chi connectivity index (χ0) is 18.9. The Balaban J connectivity index is 1.99. The van der Waals surface area contributed by atoms with Crippen LogP contribution in [0.25, 0.3) is 6.08 Å². The predicted octanol–water partition coefficient (Wildman–Crippen LogP) is 1.96. The molecule has 0 radical (unpaired) electrons. The summed E-state index contributed by atoms with van der Waals surface area (Å²) >= 11 is 0. The van der Waals surface area contributed by atoms with E-state index in [0.29, 0.717) is 23.5 Å². The molecule has 0 aliphatic heterocycles. The van der Waals surface area contributed by atoms with E-state index in [2.05, 4.69) is 10.3 Å². The molecule has 0 saturated carbocycles. The van der Waals surface area contributed by atoms with Crippen molar-refractivity contribution in [3.05, 3.63) is 65.7 Å². The predicted molar refractivity (Wildman–Crippen MR) is 101 cm³/mol. The number of amides is 1. The van der Waals surface area contributed by atoms with Crippen molar-refractivity contribution in [2.24, 2.45) is 16.5 Å². The van der Waals surface area contributed by atoms with E-state index in [1.54, 1.807) is 54.6 Å². The van der Waals surface area contributed by atoms with Crippen LogP contribution in [0.15, 0.2) is 59.6 Å². The number of aliphatic imine (C=N–C) groups is 1. The molecule has 0 heterocycles. The quantitative estimate of drug-likeness (QED) is 0.241. The lowest BCUT2D eigenvalue weighted by molar-refractivity contribution is -0.116. The number of nitrogens with zero attached hydrogens (tertiary/aromatic N) is 1. The average molecular weight is 352 g/mol. The molecule has 5 N–H and O–H groups in total. The van der Waals surface area contributed by atoms with Crippen molar-refractivity contribution in [1.82, 2.24) is 5.32 Å². The van der Waals surface area contributed by atoms with Crippen LogP contribution in [-0.2, 0) is 4.79 Å². The second-order valence-corrected chi connectivity index (χ2v) is 5.27. The maximum absolute atomic E-state index is 12.1. The van der Waals surface area contributed by atoms with Gasteiger partial charge in [-0.25, -0.2) is 9.79 Å². The molecule has 0 unspecified atom stereocenters. The molecular formula is C19H20N4O3. The van der Waals surface area contributed by atoms with Gasteiger partial charge in [0.05, 0.1) is 11.3 Å². The van der Waals surface area contributed by atoms with Crippen LogP contribution < -0.4 is 21.5 Å². The number of carbonyl (C=O) groups is 2. The average Bonchev–Trinajstić information content (AvgIpc) is 2.61. The summed E-state index contributed by atoms with van der Waals surface area (Å²) in [5.74, 6) is -0.306. The number of hydrogen-bond donors (Lipinski definition) is 3. The first-order valence-electron chi connectivity index (χ1n) is 7.96. The molecule has 0 aromatic heterocycles. The third-order valence-corrected chi connectivity index (χ3v) is 3.23. The van der Waals surface area contributed by atoms with Crippen molar-refractivity contribution in [3.8, 4) is 5.75 Å². The largest absolute Gasteiger partial charge is 0.423 e. The number of carbonyl (C=O) groups excluding carboxylic acids is 2. The van der Waals surface area contributed by atoms with Gasteiger partial charge in [-0.05, 0) is 55.0 Å². The van der Waals surface area contributed by atoms with E-state index in [1.807, 2.05) is 6.92 Å². The smallest absolute Gasteiger partial charge is 0.343 e. The van der Waals surface area contributed by atoms with Gasteiger partial charge in [0, 0.05) is 12.6 Å². The summed E-state index contributed by atoms with van der Waals surface area (Å²) in [6.07, 6.45) is 3.13. The minimum absolute atomic E-state index is 0.0540. The molecule has 7 heteroatoms. The Morgan fingerprint density at radius 2 is 1.73 bits per heavy atom. The Bertz CT molecular complexity index is 821. The molecule has 0 aliphatic carbocycles.